The number of aromatic nitrogens is 4. The van der Waals surface area contributed by atoms with Crippen molar-refractivity contribution in [2.75, 3.05) is 19.0 Å². The molecule has 20 heavy (non-hydrogen) atoms. The van der Waals surface area contributed by atoms with Crippen molar-refractivity contribution < 1.29 is 14.9 Å². The summed E-state index contributed by atoms with van der Waals surface area (Å²) in [5.41, 5.74) is 0.489. The average molecular weight is 281 g/mol. The highest BCUT2D eigenvalue weighted by Gasteiger charge is 2.36. The lowest BCUT2D eigenvalue weighted by molar-refractivity contribution is -0.0441. The Morgan fingerprint density at radius 2 is 2.45 bits per heavy atom. The quantitative estimate of drug-likeness (QED) is 0.557. The standard InChI is InChI=1S/C11H15N5O4/c1-12-10-13-3-5-9(15-10)16(11(19)14-5)8-2-6(18)7(4-17)20-8/h3,6-8,17-18H,2,4H2,1H3,(H,14,19)(H,12,13,15)/t6-,7+,8+/m1/s1. The van der Waals surface area contributed by atoms with Crippen LogP contribution in [0.4, 0.5) is 5.95 Å². The molecule has 3 heterocycles. The maximum absolute atomic E-state index is 12.0. The Hall–Kier alpha value is -1.97. The molecule has 0 spiro atoms. The fourth-order valence-corrected chi connectivity index (χ4v) is 2.34. The molecule has 1 aliphatic heterocycles. The van der Waals surface area contributed by atoms with Crippen LogP contribution in [0.5, 0.6) is 0 Å². The van der Waals surface area contributed by atoms with Crippen LogP contribution in [0.1, 0.15) is 12.6 Å². The number of rotatable bonds is 3. The van der Waals surface area contributed by atoms with Crippen molar-refractivity contribution in [2.45, 2.75) is 24.9 Å². The number of ether oxygens (including phenoxy) is 1. The van der Waals surface area contributed by atoms with E-state index in [1.54, 1.807) is 7.05 Å². The number of nitrogens with zero attached hydrogens (tertiary/aromatic N) is 3. The van der Waals surface area contributed by atoms with Crippen molar-refractivity contribution in [3.05, 3.63) is 16.7 Å². The number of anilines is 1. The summed E-state index contributed by atoms with van der Waals surface area (Å²) in [4.78, 5) is 22.9. The molecule has 0 aromatic carbocycles. The Bertz CT molecular complexity index is 681. The van der Waals surface area contributed by atoms with Gasteiger partial charge in [-0.15, -0.1) is 0 Å². The monoisotopic (exact) mass is 281 g/mol. The number of hydrogen-bond acceptors (Lipinski definition) is 7. The van der Waals surface area contributed by atoms with E-state index in [0.717, 1.165) is 0 Å². The van der Waals surface area contributed by atoms with E-state index in [9.17, 15) is 9.90 Å². The van der Waals surface area contributed by atoms with Gasteiger partial charge in [-0.05, 0) is 0 Å². The predicted molar refractivity (Wildman–Crippen MR) is 69.3 cm³/mol. The van der Waals surface area contributed by atoms with Crippen molar-refractivity contribution >= 4 is 17.1 Å². The highest BCUT2D eigenvalue weighted by Crippen LogP contribution is 2.29. The third-order valence-electron chi connectivity index (χ3n) is 3.35. The first-order valence-corrected chi connectivity index (χ1v) is 6.23. The van der Waals surface area contributed by atoms with Crippen molar-refractivity contribution in [3.63, 3.8) is 0 Å². The lowest BCUT2D eigenvalue weighted by Crippen LogP contribution is -2.25. The molecule has 3 atom stereocenters. The SMILES string of the molecule is CNc1ncc2[nH]c(=O)n([C@@H]3C[C@@H](O)[C@H](CO)O3)c2n1. The topological polar surface area (TPSA) is 125 Å². The van der Waals surface area contributed by atoms with Gasteiger partial charge in [-0.1, -0.05) is 0 Å². The summed E-state index contributed by atoms with van der Waals surface area (Å²) < 4.78 is 6.82. The van der Waals surface area contributed by atoms with Crippen LogP contribution in [-0.2, 0) is 4.74 Å². The smallest absolute Gasteiger partial charge is 0.329 e. The van der Waals surface area contributed by atoms with E-state index in [1.165, 1.54) is 10.8 Å². The molecule has 9 nitrogen and oxygen atoms in total. The number of aliphatic hydroxyl groups is 2. The lowest BCUT2D eigenvalue weighted by Gasteiger charge is -2.13. The van der Waals surface area contributed by atoms with E-state index < -0.39 is 24.1 Å². The molecule has 1 aliphatic rings. The summed E-state index contributed by atoms with van der Waals surface area (Å²) in [6, 6.07) is 0. The summed E-state index contributed by atoms with van der Waals surface area (Å²) in [7, 11) is 1.67. The van der Waals surface area contributed by atoms with Gasteiger partial charge in [0.2, 0.25) is 5.95 Å². The van der Waals surface area contributed by atoms with Crippen LogP contribution in [0.15, 0.2) is 11.0 Å². The minimum atomic E-state index is -0.813. The van der Waals surface area contributed by atoms with E-state index in [-0.39, 0.29) is 13.0 Å². The molecule has 1 fully saturated rings. The fourth-order valence-electron chi connectivity index (χ4n) is 2.34. The van der Waals surface area contributed by atoms with Crippen molar-refractivity contribution in [1.29, 1.82) is 0 Å². The molecule has 0 bridgehead atoms. The van der Waals surface area contributed by atoms with Gasteiger partial charge in [0.1, 0.15) is 17.8 Å². The Kier molecular flexibility index (Phi) is 3.16. The fraction of sp³-hybridized carbons (Fsp3) is 0.545. The van der Waals surface area contributed by atoms with E-state index in [2.05, 4.69) is 20.3 Å². The second-order valence-corrected chi connectivity index (χ2v) is 4.60. The molecule has 0 amide bonds. The number of nitrogens with one attached hydrogen (secondary N) is 2. The van der Waals surface area contributed by atoms with Gasteiger partial charge in [0, 0.05) is 13.5 Å². The van der Waals surface area contributed by atoms with Crippen LogP contribution < -0.4 is 11.0 Å². The van der Waals surface area contributed by atoms with Crippen molar-refractivity contribution in [3.8, 4) is 0 Å². The first-order valence-electron chi connectivity index (χ1n) is 6.23. The largest absolute Gasteiger partial charge is 0.394 e. The zero-order valence-electron chi connectivity index (χ0n) is 10.8. The highest BCUT2D eigenvalue weighted by atomic mass is 16.5. The van der Waals surface area contributed by atoms with Crippen LogP contribution in [0.3, 0.4) is 0 Å². The summed E-state index contributed by atoms with van der Waals surface area (Å²) in [6.45, 7) is -0.300. The van der Waals surface area contributed by atoms with E-state index in [1.807, 2.05) is 0 Å². The summed E-state index contributed by atoms with van der Waals surface area (Å²) >= 11 is 0. The van der Waals surface area contributed by atoms with Gasteiger partial charge in [-0.25, -0.2) is 14.3 Å². The minimum Gasteiger partial charge on any atom is -0.394 e. The third-order valence-corrected chi connectivity index (χ3v) is 3.35. The number of aromatic amines is 1. The number of aliphatic hydroxyl groups excluding tert-OH is 2. The van der Waals surface area contributed by atoms with Gasteiger partial charge in [0.25, 0.3) is 0 Å². The second-order valence-electron chi connectivity index (χ2n) is 4.60. The molecule has 0 aliphatic carbocycles. The maximum atomic E-state index is 12.0. The highest BCUT2D eigenvalue weighted by molar-refractivity contribution is 5.70. The maximum Gasteiger partial charge on any atom is 0.329 e. The van der Waals surface area contributed by atoms with Crippen molar-refractivity contribution in [2.24, 2.45) is 0 Å². The Labute approximate surface area is 113 Å². The zero-order chi connectivity index (χ0) is 14.3. The molecule has 0 saturated carbocycles. The molecule has 108 valence electrons. The van der Waals surface area contributed by atoms with Gasteiger partial charge >= 0.3 is 5.69 Å². The molecule has 1 saturated heterocycles. The van der Waals surface area contributed by atoms with Crippen LogP contribution in [0.25, 0.3) is 11.2 Å². The van der Waals surface area contributed by atoms with E-state index >= 15 is 0 Å². The molecule has 0 unspecified atom stereocenters. The molecule has 9 heteroatoms. The van der Waals surface area contributed by atoms with Gasteiger partial charge in [-0.3, -0.25) is 0 Å². The van der Waals surface area contributed by atoms with Crippen LogP contribution in [0.2, 0.25) is 0 Å². The summed E-state index contributed by atoms with van der Waals surface area (Å²) in [5, 5.41) is 21.7. The van der Waals surface area contributed by atoms with E-state index in [4.69, 9.17) is 9.84 Å². The Balaban J connectivity index is 2.07. The lowest BCUT2D eigenvalue weighted by atomic mass is 10.2. The number of imidazole rings is 1. The van der Waals surface area contributed by atoms with Crippen LogP contribution in [-0.4, -0.2) is 55.6 Å². The van der Waals surface area contributed by atoms with Gasteiger partial charge in [0.15, 0.2) is 5.65 Å². The number of H-pyrrole nitrogens is 1. The third kappa shape index (κ3) is 1.96. The number of fused-ring (bicyclic) bond motifs is 1. The molecule has 4 N–H and O–H groups in total. The molecular formula is C11H15N5O4. The molecular weight excluding hydrogens is 266 g/mol. The molecule has 2 aromatic rings. The first kappa shape index (κ1) is 13.0. The average Bonchev–Trinajstić information content (AvgIpc) is 2.96. The first-order chi connectivity index (χ1) is 9.63. The van der Waals surface area contributed by atoms with Gasteiger partial charge in [0.05, 0.1) is 18.9 Å². The van der Waals surface area contributed by atoms with Crippen molar-refractivity contribution in [1.82, 2.24) is 19.5 Å². The summed E-state index contributed by atoms with van der Waals surface area (Å²) in [5.74, 6) is 0.377. The van der Waals surface area contributed by atoms with Gasteiger partial charge < -0.3 is 25.3 Å². The normalized spacial score (nSPS) is 26.2. The van der Waals surface area contributed by atoms with E-state index in [0.29, 0.717) is 17.1 Å². The Morgan fingerprint density at radius 1 is 1.65 bits per heavy atom. The molecule has 0 radical (unpaired) electrons. The zero-order valence-corrected chi connectivity index (χ0v) is 10.8. The summed E-state index contributed by atoms with van der Waals surface area (Å²) in [6.07, 6.45) is -0.448. The second kappa shape index (κ2) is 4.85. The minimum absolute atomic E-state index is 0.219. The van der Waals surface area contributed by atoms with Crippen LogP contribution >= 0.6 is 0 Å². The van der Waals surface area contributed by atoms with Crippen LogP contribution in [0, 0.1) is 0 Å². The predicted octanol–water partition coefficient (Wildman–Crippen LogP) is -1.20. The number of hydrogen-bond donors (Lipinski definition) is 4. The molecule has 2 aromatic heterocycles. The van der Waals surface area contributed by atoms with Gasteiger partial charge in [-0.2, -0.15) is 4.98 Å². The molecule has 3 rings (SSSR count). The Morgan fingerprint density at radius 3 is 3.10 bits per heavy atom.